The van der Waals surface area contributed by atoms with Crippen LogP contribution in [-0.2, 0) is 17.7 Å². The normalized spacial score (nSPS) is 24.6. The van der Waals surface area contributed by atoms with E-state index >= 15 is 0 Å². The molecule has 1 saturated carbocycles. The summed E-state index contributed by atoms with van der Waals surface area (Å²) in [5.74, 6) is 0. The zero-order valence-corrected chi connectivity index (χ0v) is 18.6. The number of ether oxygens (including phenoxy) is 1. The molecule has 0 bridgehead atoms. The monoisotopic (exact) mass is 439 g/mol. The molecule has 1 amide bonds. The highest BCUT2D eigenvalue weighted by Gasteiger charge is 2.51. The van der Waals surface area contributed by atoms with Gasteiger partial charge in [-0.2, -0.15) is 5.26 Å². The van der Waals surface area contributed by atoms with E-state index in [2.05, 4.69) is 27.4 Å². The zero-order valence-electron chi connectivity index (χ0n) is 18.6. The van der Waals surface area contributed by atoms with Crippen LogP contribution in [0.5, 0.6) is 0 Å². The van der Waals surface area contributed by atoms with Crippen molar-refractivity contribution in [3.8, 4) is 6.07 Å². The summed E-state index contributed by atoms with van der Waals surface area (Å²) in [5, 5.41) is 8.88. The van der Waals surface area contributed by atoms with Crippen molar-refractivity contribution in [2.24, 2.45) is 5.41 Å². The number of hydrogen-bond acceptors (Lipinski definition) is 4. The summed E-state index contributed by atoms with van der Waals surface area (Å²) in [7, 11) is 0. The number of rotatable bonds is 4. The van der Waals surface area contributed by atoms with Crippen molar-refractivity contribution in [2.75, 3.05) is 11.4 Å². The van der Waals surface area contributed by atoms with E-state index in [1.54, 1.807) is 11.0 Å². The first-order valence-electron chi connectivity index (χ1n) is 11.2. The fraction of sp³-hybridized carbons (Fsp3) is 0.385. The van der Waals surface area contributed by atoms with E-state index in [9.17, 15) is 4.79 Å². The zero-order chi connectivity index (χ0) is 23.1. The molecule has 1 saturated heterocycles. The Morgan fingerprint density at radius 3 is 2.82 bits per heavy atom. The Hall–Kier alpha value is -3.84. The van der Waals surface area contributed by atoms with Crippen LogP contribution in [0, 0.1) is 23.3 Å². The molecule has 2 aromatic carbocycles. The molecule has 0 N–H and O–H groups in total. The van der Waals surface area contributed by atoms with Gasteiger partial charge in [-0.3, -0.25) is 4.90 Å². The highest BCUT2D eigenvalue weighted by atomic mass is 16.6. The van der Waals surface area contributed by atoms with Gasteiger partial charge >= 0.3 is 6.09 Å². The summed E-state index contributed by atoms with van der Waals surface area (Å²) in [4.78, 5) is 22.6. The Morgan fingerprint density at radius 2 is 2.06 bits per heavy atom. The van der Waals surface area contributed by atoms with Gasteiger partial charge in [0, 0.05) is 12.2 Å². The predicted molar refractivity (Wildman–Crippen MR) is 125 cm³/mol. The average molecular weight is 440 g/mol. The highest BCUT2D eigenvalue weighted by Crippen LogP contribution is 2.48. The summed E-state index contributed by atoms with van der Waals surface area (Å²) < 4.78 is 8.17. The third-order valence-corrected chi connectivity index (χ3v) is 6.95. The van der Waals surface area contributed by atoms with Crippen LogP contribution in [0.1, 0.15) is 38.2 Å². The van der Waals surface area contributed by atoms with Gasteiger partial charge in [0.1, 0.15) is 5.60 Å². The van der Waals surface area contributed by atoms with Crippen LogP contribution in [0.2, 0.25) is 0 Å². The maximum atomic E-state index is 12.8. The van der Waals surface area contributed by atoms with Crippen molar-refractivity contribution in [1.29, 1.82) is 5.26 Å². The fourth-order valence-corrected chi connectivity index (χ4v) is 5.51. The third-order valence-electron chi connectivity index (χ3n) is 6.95. The Morgan fingerprint density at radius 1 is 1.24 bits per heavy atom. The summed E-state index contributed by atoms with van der Waals surface area (Å²) in [5.41, 5.74) is 3.62. The number of benzene rings is 2. The number of amides is 1. The van der Waals surface area contributed by atoms with Crippen molar-refractivity contribution in [1.82, 2.24) is 9.55 Å². The summed E-state index contributed by atoms with van der Waals surface area (Å²) >= 11 is 0. The maximum absolute atomic E-state index is 12.8. The number of carbonyl (C=O) groups is 1. The number of nitrogens with zero attached hydrogens (tertiary/aromatic N) is 5. The maximum Gasteiger partial charge on any atom is 0.415 e. The fourth-order valence-electron chi connectivity index (χ4n) is 5.51. The van der Waals surface area contributed by atoms with Crippen molar-refractivity contribution in [2.45, 2.75) is 51.2 Å². The van der Waals surface area contributed by atoms with Gasteiger partial charge < -0.3 is 9.30 Å². The van der Waals surface area contributed by atoms with Gasteiger partial charge in [0.15, 0.2) is 5.69 Å². The Balaban J connectivity index is 1.36. The highest BCUT2D eigenvalue weighted by molar-refractivity contribution is 5.90. The number of imidazole rings is 1. The van der Waals surface area contributed by atoms with Crippen molar-refractivity contribution >= 4 is 28.5 Å². The smallest absolute Gasteiger partial charge is 0.415 e. The van der Waals surface area contributed by atoms with Gasteiger partial charge in [-0.1, -0.05) is 25.1 Å². The summed E-state index contributed by atoms with van der Waals surface area (Å²) in [6.07, 6.45) is 5.55. The van der Waals surface area contributed by atoms with E-state index in [0.717, 1.165) is 54.5 Å². The van der Waals surface area contributed by atoms with Crippen LogP contribution in [0.15, 0.2) is 48.8 Å². The second-order valence-corrected chi connectivity index (χ2v) is 9.64. The van der Waals surface area contributed by atoms with E-state index in [1.165, 1.54) is 0 Å². The molecular weight excluding hydrogens is 414 g/mol. The van der Waals surface area contributed by atoms with Crippen LogP contribution in [0.4, 0.5) is 16.2 Å². The quantitative estimate of drug-likeness (QED) is 0.494. The molecule has 1 aromatic heterocycles. The number of anilines is 1. The molecule has 0 radical (unpaired) electrons. The molecule has 7 heteroatoms. The summed E-state index contributed by atoms with van der Waals surface area (Å²) in [6.45, 7) is 10.9. The van der Waals surface area contributed by atoms with Gasteiger partial charge in [-0.15, -0.1) is 0 Å². The lowest BCUT2D eigenvalue weighted by atomic mass is 9.68. The first kappa shape index (κ1) is 21.0. The van der Waals surface area contributed by atoms with Crippen LogP contribution in [0.3, 0.4) is 0 Å². The average Bonchev–Trinajstić information content (AvgIpc) is 3.33. The molecule has 5 rings (SSSR count). The first-order chi connectivity index (χ1) is 15.9. The lowest BCUT2D eigenvalue weighted by Gasteiger charge is -2.43. The molecule has 1 spiro atoms. The third kappa shape index (κ3) is 3.91. The minimum absolute atomic E-state index is 0.0626. The topological polar surface area (TPSA) is 75.5 Å². The van der Waals surface area contributed by atoms with Crippen molar-refractivity contribution in [3.05, 3.63) is 65.8 Å². The number of hydrogen-bond donors (Lipinski definition) is 0. The van der Waals surface area contributed by atoms with Crippen LogP contribution in [0.25, 0.3) is 15.9 Å². The van der Waals surface area contributed by atoms with Crippen LogP contribution >= 0.6 is 0 Å². The van der Waals surface area contributed by atoms with E-state index in [-0.39, 0.29) is 11.5 Å². The number of nitriles is 1. The Kier molecular flexibility index (Phi) is 5.06. The second kappa shape index (κ2) is 7.94. The minimum atomic E-state index is -0.506. The SMILES string of the molecule is [C-]#[N+]c1ccc2ncn(C[C@@]3(C)CCC[C@@]4(CN(c5ccc(CC#N)cc5)C(=O)O4)C3)c2c1. The van der Waals surface area contributed by atoms with E-state index in [4.69, 9.17) is 16.6 Å². The van der Waals surface area contributed by atoms with Gasteiger partial charge in [0.05, 0.1) is 43.0 Å². The van der Waals surface area contributed by atoms with Crippen molar-refractivity contribution in [3.63, 3.8) is 0 Å². The second-order valence-electron chi connectivity index (χ2n) is 9.64. The predicted octanol–water partition coefficient (Wildman–Crippen LogP) is 5.63. The van der Waals surface area contributed by atoms with Gasteiger partial charge in [0.25, 0.3) is 0 Å². The Labute approximate surface area is 193 Å². The molecule has 2 heterocycles. The van der Waals surface area contributed by atoms with Gasteiger partial charge in [-0.25, -0.2) is 14.6 Å². The van der Waals surface area contributed by atoms with Crippen LogP contribution < -0.4 is 4.90 Å². The molecule has 0 unspecified atom stereocenters. The Bertz CT molecular complexity index is 1300. The largest absolute Gasteiger partial charge is 0.441 e. The molecule has 2 aliphatic rings. The molecule has 2 fully saturated rings. The molecule has 1 aliphatic carbocycles. The van der Waals surface area contributed by atoms with Gasteiger partial charge in [0.2, 0.25) is 0 Å². The van der Waals surface area contributed by atoms with E-state index in [1.807, 2.05) is 42.7 Å². The summed E-state index contributed by atoms with van der Waals surface area (Å²) in [6, 6.07) is 15.3. The van der Waals surface area contributed by atoms with E-state index in [0.29, 0.717) is 18.7 Å². The number of carbonyl (C=O) groups excluding carboxylic acids is 1. The molecule has 166 valence electrons. The lowest BCUT2D eigenvalue weighted by Crippen LogP contribution is -2.45. The number of aromatic nitrogens is 2. The molecule has 7 nitrogen and oxygen atoms in total. The molecule has 33 heavy (non-hydrogen) atoms. The molecule has 1 aliphatic heterocycles. The first-order valence-corrected chi connectivity index (χ1v) is 11.2. The standard InChI is InChI=1S/C26H25N5O2/c1-25(16-30-18-29-22-9-6-20(28-2)14-23(22)30)11-3-12-26(15-25)17-31(24(32)33-26)21-7-4-19(5-8-21)10-13-27/h4-9,14,18H,3,10-12,15-17H2,1H3/t25-,26-/m0/s1. The molecule has 2 atom stereocenters. The lowest BCUT2D eigenvalue weighted by molar-refractivity contribution is -0.0264. The molecular formula is C26H25N5O2. The molecule has 3 aromatic rings. The van der Waals surface area contributed by atoms with Crippen LogP contribution in [-0.4, -0.2) is 27.8 Å². The number of fused-ring (bicyclic) bond motifs is 1. The van der Waals surface area contributed by atoms with Crippen molar-refractivity contribution < 1.29 is 9.53 Å². The minimum Gasteiger partial charge on any atom is -0.441 e. The van der Waals surface area contributed by atoms with Gasteiger partial charge in [-0.05, 0) is 60.9 Å². The van der Waals surface area contributed by atoms with E-state index < -0.39 is 5.60 Å².